The fraction of sp³-hybridized carbons (Fsp3) is 0.571. The van der Waals surface area contributed by atoms with Crippen LogP contribution in [0.2, 0.25) is 0 Å². The lowest BCUT2D eigenvalue weighted by Crippen LogP contribution is -1.95. The Hall–Kier alpha value is -0.830. The van der Waals surface area contributed by atoms with Crippen molar-refractivity contribution in [1.29, 1.82) is 0 Å². The summed E-state index contributed by atoms with van der Waals surface area (Å²) in [5.74, 6) is -0.0851. The van der Waals surface area contributed by atoms with Gasteiger partial charge in [-0.05, 0) is 24.6 Å². The maximum atomic E-state index is 9.40. The quantitative estimate of drug-likeness (QED) is 0.426. The van der Waals surface area contributed by atoms with Gasteiger partial charge in [-0.1, -0.05) is 39.5 Å². The Bertz CT molecular complexity index is 339. The van der Waals surface area contributed by atoms with Gasteiger partial charge < -0.3 is 10.2 Å². The molecule has 0 heterocycles. The topological polar surface area (TPSA) is 40.5 Å². The van der Waals surface area contributed by atoms with Gasteiger partial charge in [-0.3, -0.25) is 0 Å². The average molecular weight is 254 g/mol. The summed E-state index contributed by atoms with van der Waals surface area (Å²) in [5.41, 5.74) is 0. The third-order valence-electron chi connectivity index (χ3n) is 2.75. The first-order chi connectivity index (χ1) is 8.13. The van der Waals surface area contributed by atoms with Crippen LogP contribution < -0.4 is 0 Å². The number of aromatic hydroxyl groups is 2. The van der Waals surface area contributed by atoms with Gasteiger partial charge in [0.2, 0.25) is 0 Å². The molecule has 0 spiro atoms. The zero-order valence-electron chi connectivity index (χ0n) is 10.6. The van der Waals surface area contributed by atoms with Crippen LogP contribution in [0.15, 0.2) is 23.1 Å². The number of phenolic OH excluding ortho intramolecular Hbond substituents is 2. The number of rotatable bonds is 7. The van der Waals surface area contributed by atoms with Gasteiger partial charge in [0.05, 0.1) is 0 Å². The van der Waals surface area contributed by atoms with Crippen LogP contribution >= 0.6 is 11.8 Å². The molecular weight excluding hydrogens is 232 g/mol. The van der Waals surface area contributed by atoms with Gasteiger partial charge in [-0.25, -0.2) is 0 Å². The van der Waals surface area contributed by atoms with Crippen molar-refractivity contribution in [2.45, 2.75) is 56.1 Å². The molecule has 96 valence electrons. The summed E-state index contributed by atoms with van der Waals surface area (Å²) in [6, 6.07) is 5.02. The highest BCUT2D eigenvalue weighted by Crippen LogP contribution is 2.33. The fourth-order valence-electron chi connectivity index (χ4n) is 1.73. The van der Waals surface area contributed by atoms with Gasteiger partial charge in [-0.15, -0.1) is 11.8 Å². The maximum absolute atomic E-state index is 9.40. The van der Waals surface area contributed by atoms with E-state index in [-0.39, 0.29) is 11.5 Å². The van der Waals surface area contributed by atoms with E-state index < -0.39 is 0 Å². The standard InChI is InChI=1S/C14H22O2S/c1-3-4-5-6-7-11(2)17-12-8-9-13(15)14(16)10-12/h8-11,15-16H,3-7H2,1-2H3. The molecule has 1 rings (SSSR count). The van der Waals surface area contributed by atoms with Gasteiger partial charge in [0, 0.05) is 10.1 Å². The smallest absolute Gasteiger partial charge is 0.158 e. The van der Waals surface area contributed by atoms with Crippen molar-refractivity contribution in [2.75, 3.05) is 0 Å². The molecule has 3 heteroatoms. The minimum absolute atomic E-state index is 0.0341. The third-order valence-corrected chi connectivity index (χ3v) is 3.91. The molecule has 0 saturated heterocycles. The van der Waals surface area contributed by atoms with Crippen molar-refractivity contribution in [3.8, 4) is 11.5 Å². The Labute approximate surface area is 108 Å². The summed E-state index contributed by atoms with van der Waals surface area (Å²) in [6.45, 7) is 4.43. The molecule has 0 fully saturated rings. The number of benzene rings is 1. The van der Waals surface area contributed by atoms with E-state index in [2.05, 4.69) is 13.8 Å². The second-order valence-electron chi connectivity index (χ2n) is 4.43. The van der Waals surface area contributed by atoms with Crippen LogP contribution in [0.5, 0.6) is 11.5 Å². The molecule has 17 heavy (non-hydrogen) atoms. The zero-order valence-corrected chi connectivity index (χ0v) is 11.5. The van der Waals surface area contributed by atoms with Crippen LogP contribution in [0.25, 0.3) is 0 Å². The number of thioether (sulfide) groups is 1. The van der Waals surface area contributed by atoms with E-state index in [1.165, 1.54) is 32.1 Å². The van der Waals surface area contributed by atoms with Crippen molar-refractivity contribution in [2.24, 2.45) is 0 Å². The fourth-order valence-corrected chi connectivity index (χ4v) is 2.80. The monoisotopic (exact) mass is 254 g/mol. The first kappa shape index (κ1) is 14.2. The largest absolute Gasteiger partial charge is 0.504 e. The molecule has 0 radical (unpaired) electrons. The summed E-state index contributed by atoms with van der Waals surface area (Å²) in [5, 5.41) is 19.2. The summed E-state index contributed by atoms with van der Waals surface area (Å²) in [4.78, 5) is 1.02. The molecule has 0 aliphatic carbocycles. The number of phenols is 2. The van der Waals surface area contributed by atoms with Gasteiger partial charge >= 0.3 is 0 Å². The summed E-state index contributed by atoms with van der Waals surface area (Å²) in [6.07, 6.45) is 6.37. The Morgan fingerprint density at radius 3 is 2.53 bits per heavy atom. The van der Waals surface area contributed by atoms with Gasteiger partial charge in [0.15, 0.2) is 11.5 Å². The lowest BCUT2D eigenvalue weighted by atomic mass is 10.1. The highest BCUT2D eigenvalue weighted by Gasteiger charge is 2.06. The normalized spacial score (nSPS) is 12.6. The molecule has 0 aliphatic rings. The van der Waals surface area contributed by atoms with E-state index in [4.69, 9.17) is 0 Å². The Morgan fingerprint density at radius 1 is 1.12 bits per heavy atom. The first-order valence-electron chi connectivity index (χ1n) is 6.32. The molecular formula is C14H22O2S. The second-order valence-corrected chi connectivity index (χ2v) is 5.94. The van der Waals surface area contributed by atoms with Crippen LogP contribution in [0, 0.1) is 0 Å². The van der Waals surface area contributed by atoms with Crippen LogP contribution in [-0.4, -0.2) is 15.5 Å². The minimum atomic E-state index is -0.0510. The van der Waals surface area contributed by atoms with Crippen LogP contribution in [-0.2, 0) is 0 Å². The molecule has 0 aliphatic heterocycles. The highest BCUT2D eigenvalue weighted by molar-refractivity contribution is 7.99. The molecule has 0 saturated carbocycles. The molecule has 0 aromatic heterocycles. The number of hydrogen-bond donors (Lipinski definition) is 2. The van der Waals surface area contributed by atoms with Crippen molar-refractivity contribution >= 4 is 11.8 Å². The van der Waals surface area contributed by atoms with E-state index in [0.29, 0.717) is 5.25 Å². The Balaban J connectivity index is 2.34. The highest BCUT2D eigenvalue weighted by atomic mass is 32.2. The molecule has 0 amide bonds. The van der Waals surface area contributed by atoms with E-state index in [9.17, 15) is 10.2 Å². The summed E-state index contributed by atoms with van der Waals surface area (Å²) >= 11 is 1.75. The zero-order chi connectivity index (χ0) is 12.7. The van der Waals surface area contributed by atoms with Crippen molar-refractivity contribution in [3.05, 3.63) is 18.2 Å². The summed E-state index contributed by atoms with van der Waals surface area (Å²) in [7, 11) is 0. The van der Waals surface area contributed by atoms with E-state index >= 15 is 0 Å². The molecule has 1 atom stereocenters. The molecule has 2 N–H and O–H groups in total. The van der Waals surface area contributed by atoms with Crippen LogP contribution in [0.3, 0.4) is 0 Å². The molecule has 0 bridgehead atoms. The van der Waals surface area contributed by atoms with Gasteiger partial charge in [0.25, 0.3) is 0 Å². The predicted octanol–water partition coefficient (Wildman–Crippen LogP) is 4.55. The molecule has 1 unspecified atom stereocenters. The minimum Gasteiger partial charge on any atom is -0.504 e. The molecule has 2 nitrogen and oxygen atoms in total. The lowest BCUT2D eigenvalue weighted by molar-refractivity contribution is 0.402. The second kappa shape index (κ2) is 7.49. The number of hydrogen-bond acceptors (Lipinski definition) is 3. The van der Waals surface area contributed by atoms with E-state index in [0.717, 1.165) is 4.90 Å². The molecule has 1 aromatic rings. The van der Waals surface area contributed by atoms with Gasteiger partial charge in [0.1, 0.15) is 0 Å². The first-order valence-corrected chi connectivity index (χ1v) is 7.20. The molecule has 1 aromatic carbocycles. The van der Waals surface area contributed by atoms with E-state index in [1.54, 1.807) is 23.9 Å². The Kier molecular flexibility index (Phi) is 6.27. The SMILES string of the molecule is CCCCCCC(C)Sc1ccc(O)c(O)c1. The predicted molar refractivity (Wildman–Crippen MR) is 73.8 cm³/mol. The van der Waals surface area contributed by atoms with Gasteiger partial charge in [-0.2, -0.15) is 0 Å². The van der Waals surface area contributed by atoms with Crippen LogP contribution in [0.4, 0.5) is 0 Å². The Morgan fingerprint density at radius 2 is 1.88 bits per heavy atom. The van der Waals surface area contributed by atoms with Crippen molar-refractivity contribution in [3.63, 3.8) is 0 Å². The third kappa shape index (κ3) is 5.35. The van der Waals surface area contributed by atoms with Crippen molar-refractivity contribution < 1.29 is 10.2 Å². The average Bonchev–Trinajstić information content (AvgIpc) is 2.30. The van der Waals surface area contributed by atoms with E-state index in [1.807, 2.05) is 6.07 Å². The van der Waals surface area contributed by atoms with Crippen LogP contribution in [0.1, 0.15) is 46.0 Å². The van der Waals surface area contributed by atoms with Crippen molar-refractivity contribution in [1.82, 2.24) is 0 Å². The summed E-state index contributed by atoms with van der Waals surface area (Å²) < 4.78 is 0. The number of unbranched alkanes of at least 4 members (excludes halogenated alkanes) is 3. The lowest BCUT2D eigenvalue weighted by Gasteiger charge is -2.11. The maximum Gasteiger partial charge on any atom is 0.158 e.